The number of nitrogens with zero attached hydrogens (tertiary/aromatic N) is 2. The molecule has 0 aromatic heterocycles. The van der Waals surface area contributed by atoms with Crippen molar-refractivity contribution >= 4 is 27.5 Å². The van der Waals surface area contributed by atoms with Gasteiger partial charge < -0.3 is 10.2 Å². The maximum atomic E-state index is 13.7. The molecule has 0 spiro atoms. The van der Waals surface area contributed by atoms with E-state index in [0.717, 1.165) is 21.0 Å². The number of sulfonamides is 1. The number of anilines is 1. The molecule has 7 nitrogen and oxygen atoms in total. The van der Waals surface area contributed by atoms with Gasteiger partial charge in [-0.15, -0.1) is 0 Å². The molecule has 0 unspecified atom stereocenters. The third-order valence-electron chi connectivity index (χ3n) is 5.79. The third-order valence-corrected chi connectivity index (χ3v) is 7.58. The van der Waals surface area contributed by atoms with Gasteiger partial charge in [-0.1, -0.05) is 60.2 Å². The highest BCUT2D eigenvalue weighted by Crippen LogP contribution is 2.25. The van der Waals surface area contributed by atoms with Crippen LogP contribution < -0.4 is 9.62 Å². The molecule has 0 aliphatic rings. The van der Waals surface area contributed by atoms with Crippen molar-refractivity contribution < 1.29 is 18.0 Å². The van der Waals surface area contributed by atoms with E-state index in [9.17, 15) is 18.0 Å². The van der Waals surface area contributed by atoms with Gasteiger partial charge >= 0.3 is 0 Å². The normalized spacial score (nSPS) is 12.0. The number of rotatable bonds is 9. The lowest BCUT2D eigenvalue weighted by Crippen LogP contribution is -2.50. The number of nitrogens with one attached hydrogen (secondary N) is 1. The first-order valence-electron chi connectivity index (χ1n) is 11.3. The molecular formula is C27H31N3O4S. The van der Waals surface area contributed by atoms with E-state index in [-0.39, 0.29) is 17.3 Å². The van der Waals surface area contributed by atoms with Crippen LogP contribution in [0.25, 0.3) is 0 Å². The largest absolute Gasteiger partial charge is 0.357 e. The van der Waals surface area contributed by atoms with Crippen molar-refractivity contribution in [1.29, 1.82) is 0 Å². The van der Waals surface area contributed by atoms with E-state index in [1.54, 1.807) is 37.3 Å². The Morgan fingerprint density at radius 1 is 0.886 bits per heavy atom. The number of amides is 2. The van der Waals surface area contributed by atoms with Gasteiger partial charge in [-0.25, -0.2) is 8.42 Å². The van der Waals surface area contributed by atoms with E-state index in [4.69, 9.17) is 0 Å². The molecule has 0 radical (unpaired) electrons. The average Bonchev–Trinajstić information content (AvgIpc) is 2.85. The molecule has 1 N–H and O–H groups in total. The van der Waals surface area contributed by atoms with E-state index in [1.807, 2.05) is 50.2 Å². The fraction of sp³-hybridized carbons (Fsp3) is 0.259. The van der Waals surface area contributed by atoms with Gasteiger partial charge in [0, 0.05) is 13.6 Å². The average molecular weight is 494 g/mol. The van der Waals surface area contributed by atoms with Gasteiger partial charge in [0.1, 0.15) is 12.6 Å². The van der Waals surface area contributed by atoms with Crippen LogP contribution in [-0.4, -0.2) is 44.8 Å². The van der Waals surface area contributed by atoms with Crippen molar-refractivity contribution in [2.75, 3.05) is 17.9 Å². The Morgan fingerprint density at radius 3 is 2.14 bits per heavy atom. The predicted octanol–water partition coefficient (Wildman–Crippen LogP) is 3.66. The van der Waals surface area contributed by atoms with Crippen molar-refractivity contribution in [3.63, 3.8) is 0 Å². The lowest BCUT2D eigenvalue weighted by molar-refractivity contribution is -0.139. The van der Waals surface area contributed by atoms with E-state index < -0.39 is 28.5 Å². The zero-order valence-corrected chi connectivity index (χ0v) is 21.2. The molecule has 3 aromatic rings. The minimum absolute atomic E-state index is 0.0892. The summed E-state index contributed by atoms with van der Waals surface area (Å²) in [5, 5.41) is 2.58. The number of hydrogen-bond acceptors (Lipinski definition) is 4. The second-order valence-electron chi connectivity index (χ2n) is 8.46. The molecule has 35 heavy (non-hydrogen) atoms. The van der Waals surface area contributed by atoms with Gasteiger partial charge in [0.15, 0.2) is 0 Å². The summed E-state index contributed by atoms with van der Waals surface area (Å²) in [6.45, 7) is 5.08. The molecular weight excluding hydrogens is 462 g/mol. The van der Waals surface area contributed by atoms with E-state index >= 15 is 0 Å². The second kappa shape index (κ2) is 11.2. The first kappa shape index (κ1) is 26.0. The Balaban J connectivity index is 2.02. The first-order valence-corrected chi connectivity index (χ1v) is 12.8. The molecule has 0 bridgehead atoms. The molecule has 0 saturated carbocycles. The Kier molecular flexibility index (Phi) is 8.30. The fourth-order valence-corrected chi connectivity index (χ4v) is 5.13. The van der Waals surface area contributed by atoms with E-state index in [2.05, 4.69) is 5.32 Å². The monoisotopic (exact) mass is 493 g/mol. The topological polar surface area (TPSA) is 86.8 Å². The summed E-state index contributed by atoms with van der Waals surface area (Å²) in [4.78, 5) is 27.6. The number of likely N-dealkylation sites (N-methyl/N-ethyl adjacent to an activating group) is 1. The number of carbonyl (C=O) groups is 2. The predicted molar refractivity (Wildman–Crippen MR) is 137 cm³/mol. The summed E-state index contributed by atoms with van der Waals surface area (Å²) in [6.07, 6.45) is 0. The van der Waals surface area contributed by atoms with Crippen molar-refractivity contribution in [3.05, 3.63) is 95.6 Å². The maximum Gasteiger partial charge on any atom is 0.264 e. The van der Waals surface area contributed by atoms with E-state index in [0.29, 0.717) is 5.69 Å². The quantitative estimate of drug-likeness (QED) is 0.493. The van der Waals surface area contributed by atoms with Crippen molar-refractivity contribution in [1.82, 2.24) is 10.2 Å². The van der Waals surface area contributed by atoms with E-state index in [1.165, 1.54) is 24.1 Å². The lowest BCUT2D eigenvalue weighted by Gasteiger charge is -2.31. The Morgan fingerprint density at radius 2 is 1.54 bits per heavy atom. The highest BCUT2D eigenvalue weighted by Gasteiger charge is 2.32. The van der Waals surface area contributed by atoms with Crippen molar-refractivity contribution in [2.45, 2.75) is 38.3 Å². The number of carbonyl (C=O) groups excluding carboxylic acids is 2. The summed E-state index contributed by atoms with van der Waals surface area (Å²) in [5.41, 5.74) is 3.00. The van der Waals surface area contributed by atoms with Crippen LogP contribution in [-0.2, 0) is 26.2 Å². The number of aryl methyl sites for hydroxylation is 2. The van der Waals surface area contributed by atoms with Crippen LogP contribution in [0.1, 0.15) is 23.6 Å². The molecule has 2 amide bonds. The molecule has 184 valence electrons. The third kappa shape index (κ3) is 6.27. The fourth-order valence-electron chi connectivity index (χ4n) is 3.72. The Labute approximate surface area is 207 Å². The molecule has 0 aliphatic heterocycles. The van der Waals surface area contributed by atoms with Crippen LogP contribution in [0, 0.1) is 13.8 Å². The molecule has 8 heteroatoms. The summed E-state index contributed by atoms with van der Waals surface area (Å²) in [6, 6.07) is 22.0. The van der Waals surface area contributed by atoms with Crippen LogP contribution in [0.5, 0.6) is 0 Å². The van der Waals surface area contributed by atoms with Gasteiger partial charge in [-0.2, -0.15) is 0 Å². The molecule has 3 aromatic carbocycles. The van der Waals surface area contributed by atoms with Gasteiger partial charge in [-0.3, -0.25) is 13.9 Å². The minimum Gasteiger partial charge on any atom is -0.357 e. The standard InChI is InChI=1S/C27H31N3O4S/c1-20-13-15-25(16-14-20)35(33,34)30(24-12-8-9-21(2)17-24)19-26(31)29(22(3)27(32)28-4)18-23-10-6-5-7-11-23/h5-17,22H,18-19H2,1-4H3,(H,28,32)/t22-/m0/s1. The molecule has 0 aliphatic carbocycles. The van der Waals surface area contributed by atoms with Crippen LogP contribution in [0.15, 0.2) is 83.8 Å². The molecule has 0 heterocycles. The lowest BCUT2D eigenvalue weighted by atomic mass is 10.1. The molecule has 3 rings (SSSR count). The van der Waals surface area contributed by atoms with Crippen LogP contribution >= 0.6 is 0 Å². The summed E-state index contributed by atoms with van der Waals surface area (Å²) >= 11 is 0. The molecule has 0 fully saturated rings. The molecule has 0 saturated heterocycles. The summed E-state index contributed by atoms with van der Waals surface area (Å²) < 4.78 is 28.5. The second-order valence-corrected chi connectivity index (χ2v) is 10.3. The van der Waals surface area contributed by atoms with Gasteiger partial charge in [0.2, 0.25) is 11.8 Å². The SMILES string of the molecule is CNC(=O)[C@H](C)N(Cc1ccccc1)C(=O)CN(c1cccc(C)c1)S(=O)(=O)c1ccc(C)cc1. The first-order chi connectivity index (χ1) is 16.6. The van der Waals surface area contributed by atoms with Crippen LogP contribution in [0.3, 0.4) is 0 Å². The zero-order valence-electron chi connectivity index (χ0n) is 20.4. The van der Waals surface area contributed by atoms with Crippen molar-refractivity contribution in [2.24, 2.45) is 0 Å². The van der Waals surface area contributed by atoms with Crippen molar-refractivity contribution in [3.8, 4) is 0 Å². The summed E-state index contributed by atoms with van der Waals surface area (Å²) in [7, 11) is -2.55. The summed E-state index contributed by atoms with van der Waals surface area (Å²) in [5.74, 6) is -0.820. The maximum absolute atomic E-state index is 13.7. The van der Waals surface area contributed by atoms with Gasteiger partial charge in [0.05, 0.1) is 10.6 Å². The smallest absolute Gasteiger partial charge is 0.264 e. The number of benzene rings is 3. The highest BCUT2D eigenvalue weighted by atomic mass is 32.2. The Hall–Kier alpha value is -3.65. The van der Waals surface area contributed by atoms with Crippen LogP contribution in [0.4, 0.5) is 5.69 Å². The zero-order chi connectivity index (χ0) is 25.6. The van der Waals surface area contributed by atoms with Crippen LogP contribution in [0.2, 0.25) is 0 Å². The minimum atomic E-state index is -4.06. The Bertz CT molecular complexity index is 1280. The number of hydrogen-bond donors (Lipinski definition) is 1. The molecule has 1 atom stereocenters. The highest BCUT2D eigenvalue weighted by molar-refractivity contribution is 7.92. The van der Waals surface area contributed by atoms with Gasteiger partial charge in [-0.05, 0) is 56.2 Å². The van der Waals surface area contributed by atoms with Gasteiger partial charge in [0.25, 0.3) is 10.0 Å².